The Labute approximate surface area is 101 Å². The summed E-state index contributed by atoms with van der Waals surface area (Å²) in [6, 6.07) is 0. The van der Waals surface area contributed by atoms with Crippen molar-refractivity contribution in [2.75, 3.05) is 0 Å². The largest absolute Gasteiger partial charge is 0.377 e. The summed E-state index contributed by atoms with van der Waals surface area (Å²) in [6.07, 6.45) is 10.4. The molecule has 0 aliphatic heterocycles. The van der Waals surface area contributed by atoms with Crippen LogP contribution in [0, 0.1) is 17.8 Å². The van der Waals surface area contributed by atoms with E-state index in [1.807, 2.05) is 0 Å². The first-order valence-electron chi connectivity index (χ1n) is 6.91. The number of aliphatic hydroxyl groups is 1. The summed E-state index contributed by atoms with van der Waals surface area (Å²) >= 11 is 0. The van der Waals surface area contributed by atoms with Crippen molar-refractivity contribution in [2.24, 2.45) is 5.92 Å². The van der Waals surface area contributed by atoms with Gasteiger partial charge in [-0.2, -0.15) is 0 Å². The molecule has 2 atom stereocenters. The maximum atomic E-state index is 10.4. The SMILES string of the molecule is CCCCCCC#C[C@@]1(O)CCCC[C@H]1C. The normalized spacial score (nSPS) is 29.6. The van der Waals surface area contributed by atoms with Crippen molar-refractivity contribution >= 4 is 0 Å². The highest BCUT2D eigenvalue weighted by molar-refractivity contribution is 5.16. The van der Waals surface area contributed by atoms with E-state index in [-0.39, 0.29) is 0 Å². The van der Waals surface area contributed by atoms with Crippen LogP contribution in [0.1, 0.15) is 71.6 Å². The van der Waals surface area contributed by atoms with E-state index in [9.17, 15) is 5.11 Å². The van der Waals surface area contributed by atoms with Gasteiger partial charge in [-0.1, -0.05) is 45.5 Å². The van der Waals surface area contributed by atoms with Gasteiger partial charge < -0.3 is 5.11 Å². The molecule has 92 valence electrons. The van der Waals surface area contributed by atoms with Crippen LogP contribution in [-0.4, -0.2) is 10.7 Å². The fraction of sp³-hybridized carbons (Fsp3) is 0.867. The molecule has 1 saturated carbocycles. The van der Waals surface area contributed by atoms with E-state index in [2.05, 4.69) is 25.7 Å². The van der Waals surface area contributed by atoms with Gasteiger partial charge in [0.2, 0.25) is 0 Å². The monoisotopic (exact) mass is 222 g/mol. The zero-order valence-electron chi connectivity index (χ0n) is 10.9. The number of rotatable bonds is 4. The van der Waals surface area contributed by atoms with Crippen LogP contribution in [0.3, 0.4) is 0 Å². The van der Waals surface area contributed by atoms with Gasteiger partial charge in [0, 0.05) is 6.42 Å². The molecule has 16 heavy (non-hydrogen) atoms. The Balaban J connectivity index is 2.30. The Hall–Kier alpha value is -0.480. The summed E-state index contributed by atoms with van der Waals surface area (Å²) < 4.78 is 0. The predicted octanol–water partition coefficient (Wildman–Crippen LogP) is 3.90. The lowest BCUT2D eigenvalue weighted by Crippen LogP contribution is -2.37. The third-order valence-corrected chi connectivity index (χ3v) is 3.72. The smallest absolute Gasteiger partial charge is 0.128 e. The van der Waals surface area contributed by atoms with E-state index in [1.54, 1.807) is 0 Å². The van der Waals surface area contributed by atoms with Gasteiger partial charge in [-0.25, -0.2) is 0 Å². The summed E-state index contributed by atoms with van der Waals surface area (Å²) in [5, 5.41) is 10.4. The molecule has 0 radical (unpaired) electrons. The van der Waals surface area contributed by atoms with Crippen LogP contribution in [-0.2, 0) is 0 Å². The minimum Gasteiger partial charge on any atom is -0.377 e. The molecule has 0 aromatic rings. The van der Waals surface area contributed by atoms with Gasteiger partial charge in [0.15, 0.2) is 0 Å². The summed E-state index contributed by atoms with van der Waals surface area (Å²) in [5.41, 5.74) is -0.678. The van der Waals surface area contributed by atoms with Crippen LogP contribution in [0.15, 0.2) is 0 Å². The van der Waals surface area contributed by atoms with E-state index in [0.29, 0.717) is 5.92 Å². The van der Waals surface area contributed by atoms with Crippen LogP contribution in [0.5, 0.6) is 0 Å². The van der Waals surface area contributed by atoms with Crippen molar-refractivity contribution in [3.63, 3.8) is 0 Å². The van der Waals surface area contributed by atoms with E-state index >= 15 is 0 Å². The lowest BCUT2D eigenvalue weighted by molar-refractivity contribution is 0.0125. The number of hydrogen-bond donors (Lipinski definition) is 1. The van der Waals surface area contributed by atoms with Crippen molar-refractivity contribution in [2.45, 2.75) is 77.2 Å². The van der Waals surface area contributed by atoms with Gasteiger partial charge >= 0.3 is 0 Å². The lowest BCUT2D eigenvalue weighted by Gasteiger charge is -2.33. The summed E-state index contributed by atoms with van der Waals surface area (Å²) in [5.74, 6) is 6.67. The molecule has 0 unspecified atom stereocenters. The van der Waals surface area contributed by atoms with Crippen molar-refractivity contribution in [3.05, 3.63) is 0 Å². The minimum absolute atomic E-state index is 0.351. The molecule has 0 amide bonds. The summed E-state index contributed by atoms with van der Waals surface area (Å²) in [4.78, 5) is 0. The second kappa shape index (κ2) is 6.97. The first-order valence-corrected chi connectivity index (χ1v) is 6.91. The molecule has 0 saturated heterocycles. The van der Waals surface area contributed by atoms with E-state index in [1.165, 1.54) is 32.1 Å². The molecule has 1 fully saturated rings. The highest BCUT2D eigenvalue weighted by Crippen LogP contribution is 2.32. The molecular weight excluding hydrogens is 196 g/mol. The van der Waals surface area contributed by atoms with Gasteiger partial charge in [-0.15, -0.1) is 5.92 Å². The Bertz CT molecular complexity index is 248. The standard InChI is InChI=1S/C15H26O/c1-3-4-5-6-7-9-12-15(16)13-10-8-11-14(15)2/h14,16H,3-8,10-11,13H2,1-2H3/t14-,15-/m1/s1. The van der Waals surface area contributed by atoms with Gasteiger partial charge in [0.25, 0.3) is 0 Å². The predicted molar refractivity (Wildman–Crippen MR) is 69.1 cm³/mol. The Kier molecular flexibility index (Phi) is 5.91. The second-order valence-corrected chi connectivity index (χ2v) is 5.18. The van der Waals surface area contributed by atoms with E-state index in [4.69, 9.17) is 0 Å². The first kappa shape index (κ1) is 13.6. The van der Waals surface area contributed by atoms with Gasteiger partial charge in [0.1, 0.15) is 5.60 Å². The molecule has 0 aromatic heterocycles. The molecule has 0 aromatic carbocycles. The first-order chi connectivity index (χ1) is 7.69. The molecule has 0 heterocycles. The van der Waals surface area contributed by atoms with Gasteiger partial charge in [0.05, 0.1) is 0 Å². The van der Waals surface area contributed by atoms with Crippen molar-refractivity contribution in [3.8, 4) is 11.8 Å². The number of hydrogen-bond acceptors (Lipinski definition) is 1. The molecule has 1 nitrogen and oxygen atoms in total. The van der Waals surface area contributed by atoms with E-state index in [0.717, 1.165) is 25.7 Å². The Morgan fingerprint density at radius 2 is 2.06 bits per heavy atom. The lowest BCUT2D eigenvalue weighted by atomic mass is 9.77. The van der Waals surface area contributed by atoms with Gasteiger partial charge in [-0.3, -0.25) is 0 Å². The molecule has 1 aliphatic carbocycles. The molecule has 1 aliphatic rings. The van der Waals surface area contributed by atoms with Crippen molar-refractivity contribution < 1.29 is 5.11 Å². The maximum Gasteiger partial charge on any atom is 0.128 e. The zero-order chi connectivity index (χ0) is 11.9. The van der Waals surface area contributed by atoms with Crippen LogP contribution in [0.2, 0.25) is 0 Å². The summed E-state index contributed by atoms with van der Waals surface area (Å²) in [7, 11) is 0. The Morgan fingerprint density at radius 3 is 2.75 bits per heavy atom. The third kappa shape index (κ3) is 4.18. The molecule has 1 rings (SSSR count). The van der Waals surface area contributed by atoms with Crippen LogP contribution in [0.25, 0.3) is 0 Å². The van der Waals surface area contributed by atoms with Crippen molar-refractivity contribution in [1.82, 2.24) is 0 Å². The fourth-order valence-corrected chi connectivity index (χ4v) is 2.37. The molecule has 0 spiro atoms. The average Bonchev–Trinajstić information content (AvgIpc) is 2.28. The summed E-state index contributed by atoms with van der Waals surface area (Å²) in [6.45, 7) is 4.35. The minimum atomic E-state index is -0.678. The van der Waals surface area contributed by atoms with Crippen molar-refractivity contribution in [1.29, 1.82) is 0 Å². The quantitative estimate of drug-likeness (QED) is 0.565. The Morgan fingerprint density at radius 1 is 1.25 bits per heavy atom. The van der Waals surface area contributed by atoms with Crippen LogP contribution in [0.4, 0.5) is 0 Å². The highest BCUT2D eigenvalue weighted by atomic mass is 16.3. The zero-order valence-corrected chi connectivity index (χ0v) is 10.9. The van der Waals surface area contributed by atoms with Crippen LogP contribution >= 0.6 is 0 Å². The topological polar surface area (TPSA) is 20.2 Å². The van der Waals surface area contributed by atoms with Crippen LogP contribution < -0.4 is 0 Å². The molecule has 1 N–H and O–H groups in total. The average molecular weight is 222 g/mol. The third-order valence-electron chi connectivity index (χ3n) is 3.72. The highest BCUT2D eigenvalue weighted by Gasteiger charge is 2.33. The number of unbranched alkanes of at least 4 members (excludes halogenated alkanes) is 4. The van der Waals surface area contributed by atoms with Gasteiger partial charge in [-0.05, 0) is 31.6 Å². The molecule has 0 bridgehead atoms. The molecular formula is C15H26O. The second-order valence-electron chi connectivity index (χ2n) is 5.18. The maximum absolute atomic E-state index is 10.4. The molecule has 1 heteroatoms. The van der Waals surface area contributed by atoms with E-state index < -0.39 is 5.60 Å². The fourth-order valence-electron chi connectivity index (χ4n) is 2.37.